The molecule has 2 atom stereocenters. The number of anilines is 1. The third kappa shape index (κ3) is 14.6. The molecule has 68 heavy (non-hydrogen) atoms. The van der Waals surface area contributed by atoms with Crippen molar-refractivity contribution in [1.29, 1.82) is 0 Å². The largest absolute Gasteiger partial charge is 0.481 e. The van der Waals surface area contributed by atoms with Gasteiger partial charge in [0.25, 0.3) is 40.5 Å². The molecule has 5 N–H and O–H groups in total. The molecule has 2 aromatic carbocycles. The minimum absolute atomic E-state index is 0.00474. The van der Waals surface area contributed by atoms with Gasteiger partial charge in [0.1, 0.15) is 6.54 Å². The number of hydrogen-bond donors (Lipinski definition) is 5. The predicted octanol–water partition coefficient (Wildman–Crippen LogP) is 8.46. The molecular formula is C48H61N2O14S4+. The van der Waals surface area contributed by atoms with Crippen LogP contribution in [0.15, 0.2) is 130 Å². The van der Waals surface area contributed by atoms with Crippen molar-refractivity contribution in [2.45, 2.75) is 112 Å². The highest BCUT2D eigenvalue weighted by Gasteiger charge is 2.48. The molecule has 370 valence electrons. The molecule has 0 spiro atoms. The quantitative estimate of drug-likeness (QED) is 0.0270. The molecule has 0 fully saturated rings. The van der Waals surface area contributed by atoms with E-state index < -0.39 is 68.8 Å². The number of hydrogen-bond acceptors (Lipinski definition) is 10. The van der Waals surface area contributed by atoms with Crippen molar-refractivity contribution in [2.75, 3.05) is 29.5 Å². The second-order valence-corrected chi connectivity index (χ2v) is 23.6. The van der Waals surface area contributed by atoms with Crippen LogP contribution in [0.3, 0.4) is 0 Å². The molecule has 0 saturated carbocycles. The number of unbranched alkanes of at least 4 members (excludes halogenated alkanes) is 4. The molecule has 16 nitrogen and oxygen atoms in total. The van der Waals surface area contributed by atoms with Gasteiger partial charge in [0.2, 0.25) is 5.69 Å². The number of carboxylic acids is 1. The van der Waals surface area contributed by atoms with E-state index >= 15 is 0 Å². The smallest absolute Gasteiger partial charge is 0.303 e. The van der Waals surface area contributed by atoms with Crippen LogP contribution in [-0.2, 0) is 56.1 Å². The van der Waals surface area contributed by atoms with Crippen molar-refractivity contribution in [3.8, 4) is 0 Å². The molecule has 1 aliphatic carbocycles. The van der Waals surface area contributed by atoms with E-state index in [1.165, 1.54) is 24.3 Å². The van der Waals surface area contributed by atoms with E-state index in [-0.39, 0.29) is 29.1 Å². The van der Waals surface area contributed by atoms with Crippen LogP contribution in [-0.4, -0.2) is 97.8 Å². The Morgan fingerprint density at radius 1 is 0.662 bits per heavy atom. The average molecular weight is 1020 g/mol. The minimum atomic E-state index is -4.62. The normalized spacial score (nSPS) is 21.4. The monoisotopic (exact) mass is 1020 g/mol. The molecule has 5 rings (SSSR count). The van der Waals surface area contributed by atoms with Gasteiger partial charge in [-0.25, -0.2) is 0 Å². The fourth-order valence-electron chi connectivity index (χ4n) is 9.21. The zero-order chi connectivity index (χ0) is 50.0. The molecule has 0 aromatic heterocycles. The van der Waals surface area contributed by atoms with Gasteiger partial charge in [-0.1, -0.05) is 80.0 Å². The number of fused-ring (bicyclic) bond motifs is 2. The Balaban J connectivity index is 1.58. The van der Waals surface area contributed by atoms with Crippen LogP contribution >= 0.6 is 0 Å². The van der Waals surface area contributed by atoms with E-state index in [0.717, 1.165) is 17.0 Å². The number of rotatable bonds is 25. The van der Waals surface area contributed by atoms with Gasteiger partial charge in [0.15, 0.2) is 5.71 Å². The van der Waals surface area contributed by atoms with Crippen molar-refractivity contribution < 1.29 is 66.4 Å². The highest BCUT2D eigenvalue weighted by atomic mass is 32.2. The van der Waals surface area contributed by atoms with Crippen molar-refractivity contribution in [3.63, 3.8) is 0 Å². The average Bonchev–Trinajstić information content (AvgIpc) is 3.60. The molecule has 0 saturated heterocycles. The summed E-state index contributed by atoms with van der Waals surface area (Å²) in [5, 5.41) is 9.20. The Bertz CT molecular complexity index is 2930. The summed E-state index contributed by atoms with van der Waals surface area (Å²) in [5.41, 5.74) is 3.31. The standard InChI is InChI=1S/C48H60N2O14S4/c1-47(29-13-16-33-65(53,54)55)40-35-38(67(59,60)61)25-27-42(40)49(31-15-7-12-24-46(51)52)44(47)22-10-6-11-23-45-48(2,30-14-17-34-66(56,57)58)41-36-39(68(62,63)64)26-28-43(41)50(45)32-18-21-37-19-8-4-3-5-9-20-37/h3-6,8-11,19-20,22-23,25-28,35-36H,7,12-18,21,24,29-34H2,1-2H3,(H4-,51,52,53,54,55,56,57,58,59,60,61,62,63,64)/p+1/b4-3-,5-3?,8-4?,9-5-,19-8?,20-9?,37-19?,37-20?. The van der Waals surface area contributed by atoms with Gasteiger partial charge in [-0.15, -0.1) is 0 Å². The number of carbonyl (C=O) groups is 1. The highest BCUT2D eigenvalue weighted by Crippen LogP contribution is 2.51. The van der Waals surface area contributed by atoms with Gasteiger partial charge < -0.3 is 10.0 Å². The van der Waals surface area contributed by atoms with E-state index in [2.05, 4.69) is 4.58 Å². The molecule has 2 aliphatic heterocycles. The summed E-state index contributed by atoms with van der Waals surface area (Å²) in [6, 6.07) is 8.73. The van der Waals surface area contributed by atoms with Crippen molar-refractivity contribution >= 4 is 63.5 Å². The van der Waals surface area contributed by atoms with Crippen molar-refractivity contribution in [2.24, 2.45) is 0 Å². The molecule has 3 aliphatic rings. The molecule has 0 bridgehead atoms. The summed E-state index contributed by atoms with van der Waals surface area (Å²) >= 11 is 0. The SMILES string of the molecule is CC1(CCCCS(=O)(=O)O)C(/C=C/C=C/C=C2/N(CCCCCC(=O)O)c3ccc(S(=O)(=O)O)cc3C2(C)CCCCS(=O)(=O)O)=[N+](CCCC2=C/C=C\C=C/C=C2)c2ccc(S(=O)(=O)O)cc21. The van der Waals surface area contributed by atoms with Gasteiger partial charge in [0, 0.05) is 53.9 Å². The number of benzene rings is 2. The Hall–Kier alpha value is -4.80. The summed E-state index contributed by atoms with van der Waals surface area (Å²) in [4.78, 5) is 12.6. The molecule has 20 heteroatoms. The maximum atomic E-state index is 12.4. The lowest BCUT2D eigenvalue weighted by molar-refractivity contribution is -0.438. The fourth-order valence-corrected chi connectivity index (χ4v) is 11.4. The first-order chi connectivity index (χ1) is 31.8. The Kier molecular flexibility index (Phi) is 18.1. The summed E-state index contributed by atoms with van der Waals surface area (Å²) < 4.78 is 137. The first-order valence-corrected chi connectivity index (χ1v) is 28.5. The van der Waals surface area contributed by atoms with Crippen LogP contribution < -0.4 is 4.90 Å². The molecule has 2 aromatic rings. The summed E-state index contributed by atoms with van der Waals surface area (Å²) in [6.07, 6.45) is 27.4. The van der Waals surface area contributed by atoms with Gasteiger partial charge >= 0.3 is 5.97 Å². The van der Waals surface area contributed by atoms with Crippen LogP contribution in [0.1, 0.15) is 102 Å². The maximum absolute atomic E-state index is 12.4. The van der Waals surface area contributed by atoms with E-state index in [1.54, 1.807) is 30.4 Å². The maximum Gasteiger partial charge on any atom is 0.303 e. The first-order valence-electron chi connectivity index (χ1n) is 22.4. The third-order valence-electron chi connectivity index (χ3n) is 12.6. The third-order valence-corrected chi connectivity index (χ3v) is 15.9. The Labute approximate surface area is 400 Å². The molecular weight excluding hydrogens is 957 g/mol. The Morgan fingerprint density at radius 2 is 1.26 bits per heavy atom. The van der Waals surface area contributed by atoms with Crippen LogP contribution in [0, 0.1) is 0 Å². The van der Waals surface area contributed by atoms with Crippen LogP contribution in [0.2, 0.25) is 0 Å². The lowest BCUT2D eigenvalue weighted by atomic mass is 9.75. The summed E-state index contributed by atoms with van der Waals surface area (Å²) in [6.45, 7) is 4.73. The van der Waals surface area contributed by atoms with E-state index in [1.807, 2.05) is 73.4 Å². The summed E-state index contributed by atoms with van der Waals surface area (Å²) in [7, 11) is -17.7. The number of aliphatic carboxylic acids is 1. The zero-order valence-electron chi connectivity index (χ0n) is 38.1. The zero-order valence-corrected chi connectivity index (χ0v) is 41.4. The van der Waals surface area contributed by atoms with Gasteiger partial charge in [0.05, 0.1) is 26.7 Å². The van der Waals surface area contributed by atoms with Gasteiger partial charge in [-0.3, -0.25) is 23.0 Å². The van der Waals surface area contributed by atoms with Crippen LogP contribution in [0.5, 0.6) is 0 Å². The Morgan fingerprint density at radius 3 is 1.90 bits per heavy atom. The van der Waals surface area contributed by atoms with Crippen LogP contribution in [0.25, 0.3) is 0 Å². The number of nitrogens with zero attached hydrogens (tertiary/aromatic N) is 2. The molecule has 2 unspecified atom stereocenters. The topological polar surface area (TPSA) is 261 Å². The lowest BCUT2D eigenvalue weighted by Gasteiger charge is -2.30. The first kappa shape index (κ1) is 54.1. The molecule has 0 amide bonds. The predicted molar refractivity (Wildman–Crippen MR) is 262 cm³/mol. The van der Waals surface area contributed by atoms with Crippen LogP contribution in [0.4, 0.5) is 11.4 Å². The minimum Gasteiger partial charge on any atom is -0.481 e. The van der Waals surface area contributed by atoms with Crippen molar-refractivity contribution in [3.05, 3.63) is 132 Å². The van der Waals surface area contributed by atoms with E-state index in [0.29, 0.717) is 93.4 Å². The van der Waals surface area contributed by atoms with E-state index in [9.17, 15) is 61.8 Å². The highest BCUT2D eigenvalue weighted by molar-refractivity contribution is 7.86. The number of carboxylic acid groups (broad SMARTS) is 1. The molecule has 2 heterocycles. The van der Waals surface area contributed by atoms with Crippen molar-refractivity contribution in [1.82, 2.24) is 0 Å². The van der Waals surface area contributed by atoms with Gasteiger partial charge in [-0.2, -0.15) is 38.2 Å². The summed E-state index contributed by atoms with van der Waals surface area (Å²) in [5.74, 6) is -1.85. The fraction of sp³-hybridized carbons (Fsp3) is 0.417. The lowest BCUT2D eigenvalue weighted by Crippen LogP contribution is -2.31. The molecule has 0 radical (unpaired) electrons. The number of allylic oxidation sites excluding steroid dienone is 14. The second kappa shape index (κ2) is 22.7. The van der Waals surface area contributed by atoms with Gasteiger partial charge in [-0.05, 0) is 106 Å². The van der Waals surface area contributed by atoms with E-state index in [4.69, 9.17) is 0 Å². The second-order valence-electron chi connectivity index (χ2n) is 17.6.